The van der Waals surface area contributed by atoms with Gasteiger partial charge in [0.25, 0.3) is 5.69 Å². The first-order chi connectivity index (χ1) is 11.4. The average molecular weight is 365 g/mol. The quantitative estimate of drug-likeness (QED) is 0.477. The molecule has 2 amide bonds. The summed E-state index contributed by atoms with van der Waals surface area (Å²) in [6.45, 7) is 1.61. The Balaban J connectivity index is 2.33. The molecule has 2 aromatic rings. The zero-order valence-electron chi connectivity index (χ0n) is 12.5. The van der Waals surface area contributed by atoms with Crippen molar-refractivity contribution in [3.05, 3.63) is 63.2 Å². The third-order valence-electron chi connectivity index (χ3n) is 2.95. The lowest BCUT2D eigenvalue weighted by molar-refractivity contribution is -0.387. The number of nitrogens with zero attached hydrogens (tertiary/aromatic N) is 2. The molecule has 0 bridgehead atoms. The molecule has 0 aliphatic rings. The van der Waals surface area contributed by atoms with E-state index in [-0.39, 0.29) is 5.69 Å². The Morgan fingerprint density at radius 1 is 1.29 bits per heavy atom. The van der Waals surface area contributed by atoms with Crippen LogP contribution in [0.25, 0.3) is 0 Å². The number of nitrogens with two attached hydrogens (primary N) is 1. The normalized spacial score (nSPS) is 11.2. The van der Waals surface area contributed by atoms with Crippen LogP contribution >= 0.6 is 23.4 Å². The number of nitrogens with one attached hydrogen (secondary N) is 1. The molecule has 24 heavy (non-hydrogen) atoms. The molecular formula is C15H13ClN4O3S. The van der Waals surface area contributed by atoms with Crippen LogP contribution in [-0.2, 0) is 0 Å². The number of amides is 2. The van der Waals surface area contributed by atoms with E-state index in [0.717, 1.165) is 4.90 Å². The summed E-state index contributed by atoms with van der Waals surface area (Å²) < 4.78 is 0. The molecule has 0 unspecified atom stereocenters. The summed E-state index contributed by atoms with van der Waals surface area (Å²) in [4.78, 5) is 22.9. The number of benzene rings is 2. The summed E-state index contributed by atoms with van der Waals surface area (Å²) in [5.74, 6) is 0. The molecule has 0 aliphatic heterocycles. The summed E-state index contributed by atoms with van der Waals surface area (Å²) >= 11 is 7.09. The first-order valence-electron chi connectivity index (χ1n) is 6.69. The van der Waals surface area contributed by atoms with Crippen LogP contribution in [0.15, 0.2) is 57.4 Å². The Morgan fingerprint density at radius 2 is 1.96 bits per heavy atom. The van der Waals surface area contributed by atoms with Gasteiger partial charge >= 0.3 is 6.03 Å². The molecule has 0 heterocycles. The predicted molar refractivity (Wildman–Crippen MR) is 93.6 cm³/mol. The topological polar surface area (TPSA) is 111 Å². The minimum atomic E-state index is -0.807. The summed E-state index contributed by atoms with van der Waals surface area (Å²) in [6.07, 6.45) is 0. The average Bonchev–Trinajstić information content (AvgIpc) is 2.54. The van der Waals surface area contributed by atoms with E-state index in [2.05, 4.69) is 10.5 Å². The molecule has 0 fully saturated rings. The van der Waals surface area contributed by atoms with Crippen LogP contribution in [0.1, 0.15) is 12.5 Å². The number of hydrazone groups is 1. The van der Waals surface area contributed by atoms with Gasteiger partial charge in [-0.2, -0.15) is 5.10 Å². The molecule has 0 atom stereocenters. The fraction of sp³-hybridized carbons (Fsp3) is 0.0667. The van der Waals surface area contributed by atoms with E-state index in [1.807, 2.05) is 0 Å². The maximum Gasteiger partial charge on any atom is 0.332 e. The molecule has 124 valence electrons. The summed E-state index contributed by atoms with van der Waals surface area (Å²) in [6, 6.07) is 10.9. The highest BCUT2D eigenvalue weighted by Gasteiger charge is 2.17. The predicted octanol–water partition coefficient (Wildman–Crippen LogP) is 3.79. The van der Waals surface area contributed by atoms with Crippen LogP contribution in [0.3, 0.4) is 0 Å². The van der Waals surface area contributed by atoms with E-state index < -0.39 is 11.0 Å². The molecule has 0 aliphatic carbocycles. The number of rotatable bonds is 5. The van der Waals surface area contributed by atoms with Gasteiger partial charge in [0.15, 0.2) is 0 Å². The number of hydrogen-bond acceptors (Lipinski definition) is 5. The van der Waals surface area contributed by atoms with E-state index in [9.17, 15) is 14.9 Å². The van der Waals surface area contributed by atoms with Gasteiger partial charge in [-0.3, -0.25) is 10.1 Å². The second kappa shape index (κ2) is 7.80. The van der Waals surface area contributed by atoms with Crippen molar-refractivity contribution in [3.8, 4) is 0 Å². The minimum absolute atomic E-state index is 0.0546. The molecule has 2 aromatic carbocycles. The highest BCUT2D eigenvalue weighted by atomic mass is 35.5. The van der Waals surface area contributed by atoms with Crippen molar-refractivity contribution in [2.24, 2.45) is 10.8 Å². The first-order valence-corrected chi connectivity index (χ1v) is 7.88. The standard InChI is InChI=1S/C15H13ClN4O3S/c1-9(18-19-15(17)21)10-2-7-14(13(8-10)20(22)23)24-12-5-3-11(16)4-6-12/h2-8H,1H3,(H3,17,19,21). The van der Waals surface area contributed by atoms with Crippen molar-refractivity contribution in [2.45, 2.75) is 16.7 Å². The number of halogens is 1. The van der Waals surface area contributed by atoms with Gasteiger partial charge in [0.05, 0.1) is 15.5 Å². The highest BCUT2D eigenvalue weighted by molar-refractivity contribution is 7.99. The van der Waals surface area contributed by atoms with Crippen LogP contribution < -0.4 is 11.2 Å². The largest absolute Gasteiger partial charge is 0.350 e. The molecular weight excluding hydrogens is 352 g/mol. The fourth-order valence-corrected chi connectivity index (χ4v) is 2.83. The Morgan fingerprint density at radius 3 is 2.54 bits per heavy atom. The SMILES string of the molecule is CC(=NNC(N)=O)c1ccc(Sc2ccc(Cl)cc2)c([N+](=O)[O-])c1. The lowest BCUT2D eigenvalue weighted by atomic mass is 10.1. The molecule has 0 radical (unpaired) electrons. The van der Waals surface area contributed by atoms with Gasteiger partial charge in [0, 0.05) is 21.5 Å². The number of primary amides is 1. The van der Waals surface area contributed by atoms with Crippen LogP contribution in [-0.4, -0.2) is 16.7 Å². The van der Waals surface area contributed by atoms with Crippen molar-refractivity contribution in [2.75, 3.05) is 0 Å². The van der Waals surface area contributed by atoms with E-state index in [4.69, 9.17) is 17.3 Å². The molecule has 0 saturated heterocycles. The van der Waals surface area contributed by atoms with Crippen molar-refractivity contribution < 1.29 is 9.72 Å². The zero-order valence-corrected chi connectivity index (χ0v) is 14.1. The van der Waals surface area contributed by atoms with Gasteiger partial charge in [-0.25, -0.2) is 10.2 Å². The zero-order chi connectivity index (χ0) is 17.7. The summed E-state index contributed by atoms with van der Waals surface area (Å²) in [5.41, 5.74) is 7.89. The second-order valence-electron chi connectivity index (χ2n) is 4.67. The number of carbonyl (C=O) groups is 1. The molecule has 3 N–H and O–H groups in total. The number of carbonyl (C=O) groups excluding carboxylic acids is 1. The van der Waals surface area contributed by atoms with Crippen molar-refractivity contribution >= 4 is 40.8 Å². The maximum atomic E-state index is 11.3. The molecule has 0 spiro atoms. The Hall–Kier alpha value is -2.58. The summed E-state index contributed by atoms with van der Waals surface area (Å²) in [7, 11) is 0. The lowest BCUT2D eigenvalue weighted by Gasteiger charge is -2.06. The van der Waals surface area contributed by atoms with Crippen molar-refractivity contribution in [1.82, 2.24) is 5.43 Å². The first kappa shape index (κ1) is 17.8. The van der Waals surface area contributed by atoms with E-state index in [0.29, 0.717) is 21.2 Å². The van der Waals surface area contributed by atoms with E-state index in [1.54, 1.807) is 43.3 Å². The Labute approximate surface area is 147 Å². The van der Waals surface area contributed by atoms with Crippen LogP contribution in [0.5, 0.6) is 0 Å². The Bertz CT molecular complexity index is 809. The van der Waals surface area contributed by atoms with Crippen LogP contribution in [0, 0.1) is 10.1 Å². The highest BCUT2D eigenvalue weighted by Crippen LogP contribution is 2.35. The van der Waals surface area contributed by atoms with Crippen LogP contribution in [0.2, 0.25) is 5.02 Å². The van der Waals surface area contributed by atoms with Crippen LogP contribution in [0.4, 0.5) is 10.5 Å². The monoisotopic (exact) mass is 364 g/mol. The van der Waals surface area contributed by atoms with Crippen molar-refractivity contribution in [3.63, 3.8) is 0 Å². The maximum absolute atomic E-state index is 11.3. The summed E-state index contributed by atoms with van der Waals surface area (Å²) in [5, 5.41) is 15.7. The lowest BCUT2D eigenvalue weighted by Crippen LogP contribution is -2.25. The van der Waals surface area contributed by atoms with E-state index in [1.165, 1.54) is 17.8 Å². The van der Waals surface area contributed by atoms with Gasteiger partial charge in [0.2, 0.25) is 0 Å². The van der Waals surface area contributed by atoms with Crippen molar-refractivity contribution in [1.29, 1.82) is 0 Å². The molecule has 9 heteroatoms. The number of urea groups is 1. The second-order valence-corrected chi connectivity index (χ2v) is 6.22. The van der Waals surface area contributed by atoms with E-state index >= 15 is 0 Å². The number of nitro benzene ring substituents is 1. The minimum Gasteiger partial charge on any atom is -0.350 e. The van der Waals surface area contributed by atoms with Gasteiger partial charge in [-0.1, -0.05) is 29.4 Å². The van der Waals surface area contributed by atoms with Gasteiger partial charge in [0.1, 0.15) is 0 Å². The Kier molecular flexibility index (Phi) is 5.78. The van der Waals surface area contributed by atoms with Gasteiger partial charge in [-0.05, 0) is 37.3 Å². The molecule has 0 aromatic heterocycles. The number of hydrogen-bond donors (Lipinski definition) is 2. The molecule has 7 nitrogen and oxygen atoms in total. The molecule has 2 rings (SSSR count). The van der Waals surface area contributed by atoms with Gasteiger partial charge < -0.3 is 5.73 Å². The number of nitro groups is 1. The smallest absolute Gasteiger partial charge is 0.332 e. The fourth-order valence-electron chi connectivity index (χ4n) is 1.80. The third-order valence-corrected chi connectivity index (χ3v) is 4.27. The third kappa shape index (κ3) is 4.71. The van der Waals surface area contributed by atoms with Gasteiger partial charge in [-0.15, -0.1) is 0 Å². The molecule has 0 saturated carbocycles.